The number of carbonyl (C=O) groups excluding carboxylic acids is 1. The predicted octanol–water partition coefficient (Wildman–Crippen LogP) is 0.819. The first-order valence-corrected chi connectivity index (χ1v) is 4.46. The minimum absolute atomic E-state index is 0.00503. The van der Waals surface area contributed by atoms with Crippen molar-refractivity contribution in [3.63, 3.8) is 0 Å². The molecular weight excluding hydrogens is 188 g/mol. The summed E-state index contributed by atoms with van der Waals surface area (Å²) in [5, 5.41) is 8.31. The number of carboxylic acids is 1. The van der Waals surface area contributed by atoms with Gasteiger partial charge in [-0.2, -0.15) is 0 Å². The molecule has 0 amide bonds. The molecule has 0 heterocycles. The van der Waals surface area contributed by atoms with E-state index in [0.29, 0.717) is 6.42 Å². The molecule has 0 aliphatic rings. The van der Waals surface area contributed by atoms with Crippen LogP contribution in [0, 0.1) is 0 Å². The number of carbonyl (C=O) groups is 2. The second-order valence-electron chi connectivity index (χ2n) is 2.98. The van der Waals surface area contributed by atoms with Gasteiger partial charge in [0.05, 0.1) is 6.10 Å². The molecule has 82 valence electrons. The second kappa shape index (κ2) is 7.32. The molecule has 0 spiro atoms. The summed E-state index contributed by atoms with van der Waals surface area (Å²) >= 11 is 0. The Balaban J connectivity index is 3.41. The molecule has 0 aromatic carbocycles. The fraction of sp³-hybridized carbons (Fsp3) is 0.778. The van der Waals surface area contributed by atoms with E-state index in [2.05, 4.69) is 0 Å². The zero-order valence-corrected chi connectivity index (χ0v) is 8.49. The van der Waals surface area contributed by atoms with Crippen molar-refractivity contribution in [2.24, 2.45) is 0 Å². The zero-order valence-electron chi connectivity index (χ0n) is 8.49. The molecule has 0 aliphatic heterocycles. The highest BCUT2D eigenvalue weighted by atomic mass is 16.6. The largest absolute Gasteiger partial charge is 0.481 e. The lowest BCUT2D eigenvalue weighted by Crippen LogP contribution is -2.17. The molecule has 0 aliphatic carbocycles. The van der Waals surface area contributed by atoms with Crippen LogP contribution in [0.4, 0.5) is 0 Å². The van der Waals surface area contributed by atoms with E-state index in [1.807, 2.05) is 0 Å². The van der Waals surface area contributed by atoms with E-state index in [-0.39, 0.29) is 31.5 Å². The molecule has 14 heavy (non-hydrogen) atoms. The first-order valence-electron chi connectivity index (χ1n) is 4.46. The fourth-order valence-electron chi connectivity index (χ4n) is 0.734. The molecule has 0 aromatic heterocycles. The molecule has 1 N–H and O–H groups in total. The Morgan fingerprint density at radius 1 is 1.36 bits per heavy atom. The molecule has 0 saturated carbocycles. The third kappa shape index (κ3) is 7.54. The molecule has 5 heteroatoms. The molecule has 1 atom stereocenters. The van der Waals surface area contributed by atoms with Crippen LogP contribution in [0.3, 0.4) is 0 Å². The van der Waals surface area contributed by atoms with Gasteiger partial charge < -0.3 is 14.6 Å². The van der Waals surface area contributed by atoms with E-state index in [1.54, 1.807) is 6.92 Å². The summed E-state index contributed by atoms with van der Waals surface area (Å²) in [4.78, 5) is 21.1. The van der Waals surface area contributed by atoms with Crippen LogP contribution in [0.2, 0.25) is 0 Å². The van der Waals surface area contributed by atoms with Crippen LogP contribution in [0.25, 0.3) is 0 Å². The molecule has 0 radical (unpaired) electrons. The van der Waals surface area contributed by atoms with Gasteiger partial charge in [-0.05, 0) is 13.3 Å². The van der Waals surface area contributed by atoms with Crippen LogP contribution >= 0.6 is 0 Å². The van der Waals surface area contributed by atoms with Crippen molar-refractivity contribution < 1.29 is 24.2 Å². The number of ether oxygens (including phenoxy) is 2. The Morgan fingerprint density at radius 2 is 2.00 bits per heavy atom. The first-order chi connectivity index (χ1) is 6.56. The number of carboxylic acid groups (broad SMARTS) is 1. The molecular formula is C9H16O5. The Hall–Kier alpha value is -1.10. The second-order valence-corrected chi connectivity index (χ2v) is 2.98. The van der Waals surface area contributed by atoms with Crippen molar-refractivity contribution in [3.05, 3.63) is 0 Å². The van der Waals surface area contributed by atoms with Crippen molar-refractivity contribution in [2.45, 2.75) is 32.3 Å². The van der Waals surface area contributed by atoms with Crippen molar-refractivity contribution in [1.82, 2.24) is 0 Å². The Morgan fingerprint density at radius 3 is 2.50 bits per heavy atom. The number of hydrogen-bond donors (Lipinski definition) is 1. The minimum atomic E-state index is -0.900. The normalized spacial score (nSPS) is 12.1. The van der Waals surface area contributed by atoms with Crippen LogP contribution in [0.15, 0.2) is 0 Å². The van der Waals surface area contributed by atoms with E-state index in [1.165, 1.54) is 7.11 Å². The van der Waals surface area contributed by atoms with Crippen molar-refractivity contribution in [1.29, 1.82) is 0 Å². The first kappa shape index (κ1) is 12.9. The number of esters is 1. The predicted molar refractivity (Wildman–Crippen MR) is 48.9 cm³/mol. The Bertz CT molecular complexity index is 190. The zero-order chi connectivity index (χ0) is 11.0. The maximum atomic E-state index is 11.0. The number of rotatable bonds is 7. The number of methoxy groups -OCH3 is 1. The highest BCUT2D eigenvalue weighted by molar-refractivity contribution is 5.71. The quantitative estimate of drug-likeness (QED) is 0.621. The Labute approximate surface area is 83.0 Å². The number of hydrogen-bond acceptors (Lipinski definition) is 4. The topological polar surface area (TPSA) is 72.8 Å². The van der Waals surface area contributed by atoms with E-state index < -0.39 is 5.97 Å². The van der Waals surface area contributed by atoms with Gasteiger partial charge in [0, 0.05) is 20.0 Å². The summed E-state index contributed by atoms with van der Waals surface area (Å²) < 4.78 is 9.69. The summed E-state index contributed by atoms with van der Waals surface area (Å²) in [6.45, 7) is 1.99. The van der Waals surface area contributed by atoms with Gasteiger partial charge in [0.1, 0.15) is 6.61 Å². The molecule has 0 saturated heterocycles. The van der Waals surface area contributed by atoms with Crippen molar-refractivity contribution >= 4 is 11.9 Å². The van der Waals surface area contributed by atoms with Crippen LogP contribution in [-0.4, -0.2) is 36.9 Å². The fourth-order valence-corrected chi connectivity index (χ4v) is 0.734. The maximum absolute atomic E-state index is 11.0. The summed E-state index contributed by atoms with van der Waals surface area (Å²) in [5.41, 5.74) is 0. The van der Waals surface area contributed by atoms with E-state index in [9.17, 15) is 9.59 Å². The van der Waals surface area contributed by atoms with E-state index >= 15 is 0 Å². The molecule has 0 rings (SSSR count). The van der Waals surface area contributed by atoms with Crippen LogP contribution < -0.4 is 0 Å². The number of aliphatic carboxylic acids is 1. The average Bonchev–Trinajstić information content (AvgIpc) is 2.13. The summed E-state index contributed by atoms with van der Waals surface area (Å²) in [6.07, 6.45) is 0.325. The van der Waals surface area contributed by atoms with Gasteiger partial charge in [-0.1, -0.05) is 0 Å². The standard InChI is InChI=1S/C9H16O5/c1-7(13-2)6-14-9(12)5-3-4-8(10)11/h7H,3-6H2,1-2H3,(H,10,11). The highest BCUT2D eigenvalue weighted by Gasteiger charge is 2.07. The van der Waals surface area contributed by atoms with Gasteiger partial charge in [-0.3, -0.25) is 9.59 Å². The highest BCUT2D eigenvalue weighted by Crippen LogP contribution is 1.99. The lowest BCUT2D eigenvalue weighted by Gasteiger charge is -2.09. The van der Waals surface area contributed by atoms with E-state index in [4.69, 9.17) is 14.6 Å². The SMILES string of the molecule is COC(C)COC(=O)CCCC(=O)O. The molecule has 0 aromatic rings. The van der Waals surface area contributed by atoms with Gasteiger partial charge in [0.2, 0.25) is 0 Å². The van der Waals surface area contributed by atoms with Gasteiger partial charge in [0.25, 0.3) is 0 Å². The smallest absolute Gasteiger partial charge is 0.305 e. The van der Waals surface area contributed by atoms with Crippen LogP contribution in [0.5, 0.6) is 0 Å². The molecule has 5 nitrogen and oxygen atoms in total. The van der Waals surface area contributed by atoms with Gasteiger partial charge >= 0.3 is 11.9 Å². The lowest BCUT2D eigenvalue weighted by molar-refractivity contribution is -0.147. The molecule has 0 fully saturated rings. The average molecular weight is 204 g/mol. The van der Waals surface area contributed by atoms with Crippen LogP contribution in [-0.2, 0) is 19.1 Å². The van der Waals surface area contributed by atoms with Gasteiger partial charge in [0.15, 0.2) is 0 Å². The summed E-state index contributed by atoms with van der Waals surface area (Å²) in [5.74, 6) is -1.28. The molecule has 0 bridgehead atoms. The third-order valence-corrected chi connectivity index (χ3v) is 1.65. The monoisotopic (exact) mass is 204 g/mol. The maximum Gasteiger partial charge on any atom is 0.305 e. The Kier molecular flexibility index (Phi) is 6.74. The van der Waals surface area contributed by atoms with Gasteiger partial charge in [-0.25, -0.2) is 0 Å². The van der Waals surface area contributed by atoms with Crippen molar-refractivity contribution in [3.8, 4) is 0 Å². The minimum Gasteiger partial charge on any atom is -0.481 e. The van der Waals surface area contributed by atoms with Crippen molar-refractivity contribution in [2.75, 3.05) is 13.7 Å². The van der Waals surface area contributed by atoms with Crippen LogP contribution in [0.1, 0.15) is 26.2 Å². The summed E-state index contributed by atoms with van der Waals surface area (Å²) in [7, 11) is 1.53. The lowest BCUT2D eigenvalue weighted by atomic mass is 10.2. The van der Waals surface area contributed by atoms with Gasteiger partial charge in [-0.15, -0.1) is 0 Å². The summed E-state index contributed by atoms with van der Waals surface area (Å²) in [6, 6.07) is 0. The molecule has 1 unspecified atom stereocenters. The van der Waals surface area contributed by atoms with E-state index in [0.717, 1.165) is 0 Å². The third-order valence-electron chi connectivity index (χ3n) is 1.65.